The van der Waals surface area contributed by atoms with Crippen molar-refractivity contribution in [3.63, 3.8) is 0 Å². The molecule has 1 aliphatic rings. The third-order valence-corrected chi connectivity index (χ3v) is 8.33. The molecular weight excluding hydrogens is 508 g/mol. The van der Waals surface area contributed by atoms with Gasteiger partial charge in [0, 0.05) is 19.6 Å². The molecule has 0 atom stereocenters. The summed E-state index contributed by atoms with van der Waals surface area (Å²) in [6, 6.07) is 11.6. The van der Waals surface area contributed by atoms with E-state index in [9.17, 15) is 26.4 Å². The van der Waals surface area contributed by atoms with Crippen molar-refractivity contribution in [2.75, 3.05) is 55.3 Å². The van der Waals surface area contributed by atoms with Crippen LogP contribution in [0.5, 0.6) is 0 Å². The maximum Gasteiger partial charge on any atom is 0.253 e. The first-order valence-corrected chi connectivity index (χ1v) is 14.3. The van der Waals surface area contributed by atoms with Crippen molar-refractivity contribution >= 4 is 43.2 Å². The highest BCUT2D eigenvalue weighted by Gasteiger charge is 2.27. The molecule has 2 amide bonds. The van der Waals surface area contributed by atoms with Gasteiger partial charge >= 0.3 is 0 Å². The summed E-state index contributed by atoms with van der Waals surface area (Å²) in [6.07, 6.45) is 2.45. The number of carbonyl (C=O) groups excluding carboxylic acids is 2. The molecule has 1 aliphatic heterocycles. The van der Waals surface area contributed by atoms with E-state index in [0.717, 1.165) is 10.6 Å². The SMILES string of the molecule is C=CCNC(=O)c1ccccc1NC(=O)CN(c1ccc(S(=O)(=O)N2CCOCC2)cc1)S(C)(=O)=O. The summed E-state index contributed by atoms with van der Waals surface area (Å²) in [5.74, 6) is -1.11. The molecule has 2 aromatic rings. The van der Waals surface area contributed by atoms with Crippen molar-refractivity contribution in [1.82, 2.24) is 9.62 Å². The minimum atomic E-state index is -3.91. The number of anilines is 2. The molecule has 194 valence electrons. The highest BCUT2D eigenvalue weighted by atomic mass is 32.2. The molecule has 0 saturated carbocycles. The topological polar surface area (TPSA) is 142 Å². The molecule has 0 radical (unpaired) electrons. The van der Waals surface area contributed by atoms with Crippen LogP contribution in [-0.2, 0) is 29.6 Å². The van der Waals surface area contributed by atoms with Gasteiger partial charge in [0.05, 0.1) is 41.3 Å². The Morgan fingerprint density at radius 2 is 1.69 bits per heavy atom. The van der Waals surface area contributed by atoms with Gasteiger partial charge in [0.1, 0.15) is 6.54 Å². The number of amides is 2. The fourth-order valence-corrected chi connectivity index (χ4v) is 5.76. The fraction of sp³-hybridized carbons (Fsp3) is 0.304. The van der Waals surface area contributed by atoms with Gasteiger partial charge in [-0.25, -0.2) is 16.8 Å². The lowest BCUT2D eigenvalue weighted by Crippen LogP contribution is -2.40. The lowest BCUT2D eigenvalue weighted by Gasteiger charge is -2.26. The van der Waals surface area contributed by atoms with Crippen molar-refractivity contribution in [2.45, 2.75) is 4.90 Å². The third-order valence-electron chi connectivity index (χ3n) is 5.27. The summed E-state index contributed by atoms with van der Waals surface area (Å²) in [5.41, 5.74) is 0.534. The molecule has 0 aliphatic carbocycles. The van der Waals surface area contributed by atoms with Crippen LogP contribution in [0.4, 0.5) is 11.4 Å². The van der Waals surface area contributed by atoms with Crippen molar-refractivity contribution in [1.29, 1.82) is 0 Å². The standard InChI is InChI=1S/C23H28N4O7S2/c1-3-12-24-23(29)20-6-4-5-7-21(20)25-22(28)17-27(35(2,30)31)18-8-10-19(11-9-18)36(32,33)26-13-15-34-16-14-26/h3-11H,1,12-17H2,2H3,(H,24,29)(H,25,28). The molecule has 1 saturated heterocycles. The number of rotatable bonds is 10. The van der Waals surface area contributed by atoms with Crippen LogP contribution in [0.25, 0.3) is 0 Å². The third kappa shape index (κ3) is 6.69. The Labute approximate surface area is 210 Å². The largest absolute Gasteiger partial charge is 0.379 e. The smallest absolute Gasteiger partial charge is 0.253 e. The monoisotopic (exact) mass is 536 g/mol. The summed E-state index contributed by atoms with van der Waals surface area (Å²) < 4.78 is 58.0. The van der Waals surface area contributed by atoms with Crippen LogP contribution < -0.4 is 14.9 Å². The van der Waals surface area contributed by atoms with Crippen LogP contribution in [0.1, 0.15) is 10.4 Å². The van der Waals surface area contributed by atoms with Crippen LogP contribution in [0, 0.1) is 0 Å². The average molecular weight is 537 g/mol. The Morgan fingerprint density at radius 1 is 1.06 bits per heavy atom. The van der Waals surface area contributed by atoms with Gasteiger partial charge in [0.2, 0.25) is 26.0 Å². The van der Waals surface area contributed by atoms with Gasteiger partial charge in [0.15, 0.2) is 0 Å². The molecule has 36 heavy (non-hydrogen) atoms. The number of hydrogen-bond acceptors (Lipinski definition) is 7. The first-order chi connectivity index (χ1) is 17.0. The van der Waals surface area contributed by atoms with E-state index in [1.54, 1.807) is 12.1 Å². The zero-order valence-electron chi connectivity index (χ0n) is 19.7. The lowest BCUT2D eigenvalue weighted by atomic mass is 10.1. The Kier molecular flexibility index (Phi) is 8.84. The van der Waals surface area contributed by atoms with Gasteiger partial charge in [-0.15, -0.1) is 6.58 Å². The molecule has 13 heteroatoms. The molecule has 0 unspecified atom stereocenters. The van der Waals surface area contributed by atoms with E-state index in [2.05, 4.69) is 17.2 Å². The molecule has 1 heterocycles. The van der Waals surface area contributed by atoms with Crippen molar-refractivity contribution in [2.24, 2.45) is 0 Å². The average Bonchev–Trinajstić information content (AvgIpc) is 2.86. The van der Waals surface area contributed by atoms with E-state index >= 15 is 0 Å². The van der Waals surface area contributed by atoms with Crippen LogP contribution in [-0.4, -0.2) is 78.6 Å². The van der Waals surface area contributed by atoms with Gasteiger partial charge in [-0.3, -0.25) is 13.9 Å². The first-order valence-electron chi connectivity index (χ1n) is 11.0. The number of sulfonamides is 2. The highest BCUT2D eigenvalue weighted by molar-refractivity contribution is 7.92. The molecule has 11 nitrogen and oxygen atoms in total. The van der Waals surface area contributed by atoms with Crippen LogP contribution in [0.2, 0.25) is 0 Å². The predicted octanol–water partition coefficient (Wildman–Crippen LogP) is 1.03. The molecule has 0 bridgehead atoms. The number of ether oxygens (including phenoxy) is 1. The summed E-state index contributed by atoms with van der Waals surface area (Å²) in [4.78, 5) is 25.2. The Balaban J connectivity index is 1.79. The minimum absolute atomic E-state index is 0.00511. The normalized spacial score (nSPS) is 14.6. The van der Waals surface area contributed by atoms with Crippen molar-refractivity contribution in [3.05, 3.63) is 66.7 Å². The lowest BCUT2D eigenvalue weighted by molar-refractivity contribution is -0.114. The van der Waals surface area contributed by atoms with Gasteiger partial charge in [-0.1, -0.05) is 18.2 Å². The van der Waals surface area contributed by atoms with Gasteiger partial charge in [0.25, 0.3) is 5.91 Å². The summed E-state index contributed by atoms with van der Waals surface area (Å²) in [5, 5.41) is 5.19. The molecule has 3 rings (SSSR count). The Hall–Kier alpha value is -3.26. The van der Waals surface area contributed by atoms with E-state index in [1.165, 1.54) is 46.8 Å². The van der Waals surface area contributed by atoms with E-state index in [4.69, 9.17) is 4.74 Å². The zero-order valence-corrected chi connectivity index (χ0v) is 21.3. The number of benzene rings is 2. The molecular formula is C23H28N4O7S2. The second-order valence-electron chi connectivity index (χ2n) is 7.87. The summed E-state index contributed by atoms with van der Waals surface area (Å²) in [6.45, 7) is 4.24. The molecule has 0 spiro atoms. The number of carbonyl (C=O) groups is 2. The number of nitrogens with one attached hydrogen (secondary N) is 2. The van der Waals surface area contributed by atoms with Crippen LogP contribution >= 0.6 is 0 Å². The number of morpholine rings is 1. The molecule has 1 fully saturated rings. The molecule has 0 aromatic heterocycles. The van der Waals surface area contributed by atoms with E-state index in [1.807, 2.05) is 0 Å². The van der Waals surface area contributed by atoms with Gasteiger partial charge < -0.3 is 15.4 Å². The number of hydrogen-bond donors (Lipinski definition) is 2. The number of para-hydroxylation sites is 1. The maximum atomic E-state index is 12.8. The molecule has 2 aromatic carbocycles. The Bertz CT molecular complexity index is 1320. The van der Waals surface area contributed by atoms with Crippen molar-refractivity contribution in [3.8, 4) is 0 Å². The summed E-state index contributed by atoms with van der Waals surface area (Å²) >= 11 is 0. The minimum Gasteiger partial charge on any atom is -0.379 e. The Morgan fingerprint density at radius 3 is 2.31 bits per heavy atom. The first kappa shape index (κ1) is 27.3. The zero-order chi connectivity index (χ0) is 26.3. The van der Waals surface area contributed by atoms with Crippen molar-refractivity contribution < 1.29 is 31.2 Å². The summed E-state index contributed by atoms with van der Waals surface area (Å²) in [7, 11) is -7.67. The predicted molar refractivity (Wildman–Crippen MR) is 136 cm³/mol. The van der Waals surface area contributed by atoms with Gasteiger partial charge in [-0.2, -0.15) is 4.31 Å². The highest BCUT2D eigenvalue weighted by Crippen LogP contribution is 2.23. The van der Waals surface area contributed by atoms with Crippen LogP contribution in [0.15, 0.2) is 66.1 Å². The second-order valence-corrected chi connectivity index (χ2v) is 11.7. The van der Waals surface area contributed by atoms with Crippen LogP contribution in [0.3, 0.4) is 0 Å². The van der Waals surface area contributed by atoms with E-state index < -0.39 is 38.4 Å². The maximum absolute atomic E-state index is 12.8. The molecule has 2 N–H and O–H groups in total. The quantitative estimate of drug-likeness (QED) is 0.432. The second kappa shape index (κ2) is 11.6. The van der Waals surface area contributed by atoms with E-state index in [-0.39, 0.29) is 41.5 Å². The van der Waals surface area contributed by atoms with E-state index in [0.29, 0.717) is 13.2 Å². The fourth-order valence-electron chi connectivity index (χ4n) is 3.49. The number of nitrogens with zero attached hydrogens (tertiary/aromatic N) is 2. The van der Waals surface area contributed by atoms with Gasteiger partial charge in [-0.05, 0) is 36.4 Å².